The van der Waals surface area contributed by atoms with Gasteiger partial charge in [-0.05, 0) is 53.3 Å². The van der Waals surface area contributed by atoms with Gasteiger partial charge in [0.25, 0.3) is 11.8 Å². The van der Waals surface area contributed by atoms with E-state index < -0.39 is 0 Å². The van der Waals surface area contributed by atoms with E-state index in [1.807, 2.05) is 50.6 Å². The van der Waals surface area contributed by atoms with Crippen molar-refractivity contribution in [3.63, 3.8) is 0 Å². The van der Waals surface area contributed by atoms with Crippen LogP contribution in [0.5, 0.6) is 0 Å². The minimum absolute atomic E-state index is 0.0500. The van der Waals surface area contributed by atoms with Gasteiger partial charge in [0.15, 0.2) is 0 Å². The van der Waals surface area contributed by atoms with Crippen LogP contribution < -0.4 is 10.6 Å². The smallest absolute Gasteiger partial charge is 0.261 e. The molecule has 0 aromatic carbocycles. The van der Waals surface area contributed by atoms with Crippen molar-refractivity contribution in [2.75, 3.05) is 13.1 Å². The first-order valence-electron chi connectivity index (χ1n) is 7.45. The monoisotopic (exact) mass is 350 g/mol. The highest BCUT2D eigenvalue weighted by Crippen LogP contribution is 2.18. The molecule has 0 fully saturated rings. The summed E-state index contributed by atoms with van der Waals surface area (Å²) in [5.74, 6) is -0.1000. The van der Waals surface area contributed by atoms with Crippen LogP contribution in [-0.4, -0.2) is 24.9 Å². The molecule has 0 aliphatic rings. The van der Waals surface area contributed by atoms with Crippen molar-refractivity contribution in [3.05, 3.63) is 43.8 Å². The van der Waals surface area contributed by atoms with Crippen molar-refractivity contribution in [2.45, 2.75) is 27.7 Å². The SMILES string of the molecule is Cc1ccsc1C(=O)NCC(C)(C)CNC(=O)c1sccc1C. The second kappa shape index (κ2) is 7.27. The van der Waals surface area contributed by atoms with Gasteiger partial charge in [-0.3, -0.25) is 9.59 Å². The van der Waals surface area contributed by atoms with E-state index in [-0.39, 0.29) is 17.2 Å². The maximum atomic E-state index is 12.2. The Hall–Kier alpha value is -1.66. The molecule has 0 atom stereocenters. The Balaban J connectivity index is 1.85. The quantitative estimate of drug-likeness (QED) is 0.836. The third-order valence-electron chi connectivity index (χ3n) is 3.59. The molecule has 124 valence electrons. The Morgan fingerprint density at radius 1 is 0.913 bits per heavy atom. The van der Waals surface area contributed by atoms with Crippen LogP contribution in [0.2, 0.25) is 0 Å². The van der Waals surface area contributed by atoms with Gasteiger partial charge >= 0.3 is 0 Å². The lowest BCUT2D eigenvalue weighted by Gasteiger charge is -2.25. The van der Waals surface area contributed by atoms with Gasteiger partial charge in [-0.1, -0.05) is 13.8 Å². The zero-order valence-corrected chi connectivity index (χ0v) is 15.5. The van der Waals surface area contributed by atoms with Crippen molar-refractivity contribution >= 4 is 34.5 Å². The van der Waals surface area contributed by atoms with Gasteiger partial charge in [0.05, 0.1) is 9.75 Å². The minimum Gasteiger partial charge on any atom is -0.351 e. The molecule has 0 unspecified atom stereocenters. The fraction of sp³-hybridized carbons (Fsp3) is 0.412. The number of hydrogen-bond donors (Lipinski definition) is 2. The molecule has 0 aliphatic heterocycles. The van der Waals surface area contributed by atoms with Gasteiger partial charge < -0.3 is 10.6 Å². The van der Waals surface area contributed by atoms with Crippen LogP contribution in [-0.2, 0) is 0 Å². The van der Waals surface area contributed by atoms with Gasteiger partial charge in [0.1, 0.15) is 0 Å². The van der Waals surface area contributed by atoms with Gasteiger partial charge in [0.2, 0.25) is 0 Å². The molecule has 0 saturated heterocycles. The lowest BCUT2D eigenvalue weighted by atomic mass is 9.93. The first kappa shape index (κ1) is 17.7. The van der Waals surface area contributed by atoms with Gasteiger partial charge in [0, 0.05) is 13.1 Å². The van der Waals surface area contributed by atoms with Crippen LogP contribution in [0.25, 0.3) is 0 Å². The molecular weight excluding hydrogens is 328 g/mol. The van der Waals surface area contributed by atoms with E-state index in [1.54, 1.807) is 0 Å². The molecule has 0 radical (unpaired) electrons. The lowest BCUT2D eigenvalue weighted by molar-refractivity contribution is 0.0923. The molecule has 0 saturated carbocycles. The predicted octanol–water partition coefficient (Wildman–Crippen LogP) is 3.61. The molecule has 0 aliphatic carbocycles. The van der Waals surface area contributed by atoms with Crippen LogP contribution in [0.4, 0.5) is 0 Å². The van der Waals surface area contributed by atoms with E-state index in [1.165, 1.54) is 22.7 Å². The van der Waals surface area contributed by atoms with Crippen LogP contribution in [0, 0.1) is 19.3 Å². The van der Waals surface area contributed by atoms with Gasteiger partial charge in [-0.25, -0.2) is 0 Å². The van der Waals surface area contributed by atoms with Crippen molar-refractivity contribution in [2.24, 2.45) is 5.41 Å². The number of rotatable bonds is 6. The molecule has 6 heteroatoms. The maximum absolute atomic E-state index is 12.2. The summed E-state index contributed by atoms with van der Waals surface area (Å²) in [6, 6.07) is 3.88. The summed E-state index contributed by atoms with van der Waals surface area (Å²) in [6.07, 6.45) is 0. The standard InChI is InChI=1S/C17H22N2O2S2/c1-11-5-7-22-13(11)15(20)18-9-17(3,4)10-19-16(21)14-12(2)6-8-23-14/h5-8H,9-10H2,1-4H3,(H,18,20)(H,19,21). The normalized spacial score (nSPS) is 11.3. The van der Waals surface area contributed by atoms with Crippen LogP contribution >= 0.6 is 22.7 Å². The first-order chi connectivity index (χ1) is 10.8. The number of amides is 2. The van der Waals surface area contributed by atoms with Gasteiger partial charge in [-0.15, -0.1) is 22.7 Å². The van der Waals surface area contributed by atoms with E-state index in [0.717, 1.165) is 20.9 Å². The number of carbonyl (C=O) groups is 2. The van der Waals surface area contributed by atoms with E-state index in [9.17, 15) is 9.59 Å². The van der Waals surface area contributed by atoms with Crippen molar-refractivity contribution < 1.29 is 9.59 Å². The largest absolute Gasteiger partial charge is 0.351 e. The fourth-order valence-electron chi connectivity index (χ4n) is 2.07. The van der Waals surface area contributed by atoms with Crippen molar-refractivity contribution in [3.8, 4) is 0 Å². The van der Waals surface area contributed by atoms with E-state index in [2.05, 4.69) is 10.6 Å². The molecule has 2 rings (SSSR count). The Kier molecular flexibility index (Phi) is 5.59. The zero-order chi connectivity index (χ0) is 17.0. The highest BCUT2D eigenvalue weighted by atomic mass is 32.1. The summed E-state index contributed by atoms with van der Waals surface area (Å²) in [5, 5.41) is 9.75. The molecule has 4 nitrogen and oxygen atoms in total. The number of hydrogen-bond acceptors (Lipinski definition) is 4. The summed E-state index contributed by atoms with van der Waals surface area (Å²) in [5.41, 5.74) is 1.76. The Morgan fingerprint density at radius 2 is 1.30 bits per heavy atom. The average molecular weight is 351 g/mol. The van der Waals surface area contributed by atoms with Crippen LogP contribution in [0.1, 0.15) is 44.3 Å². The molecule has 2 aromatic rings. The second-order valence-corrected chi connectivity index (χ2v) is 8.23. The van der Waals surface area contributed by atoms with Crippen LogP contribution in [0.3, 0.4) is 0 Å². The summed E-state index contributed by atoms with van der Waals surface area (Å²) < 4.78 is 0. The number of carbonyl (C=O) groups excluding carboxylic acids is 2. The summed E-state index contributed by atoms with van der Waals surface area (Å²) in [7, 11) is 0. The van der Waals surface area contributed by atoms with Gasteiger partial charge in [-0.2, -0.15) is 0 Å². The lowest BCUT2D eigenvalue weighted by Crippen LogP contribution is -2.42. The van der Waals surface area contributed by atoms with Crippen LogP contribution in [0.15, 0.2) is 22.9 Å². The number of nitrogens with one attached hydrogen (secondary N) is 2. The maximum Gasteiger partial charge on any atom is 0.261 e. The Labute approximate surface area is 144 Å². The minimum atomic E-state index is -0.221. The Bertz CT molecular complexity index is 643. The molecule has 2 amide bonds. The van der Waals surface area contributed by atoms with Crippen molar-refractivity contribution in [1.82, 2.24) is 10.6 Å². The number of aryl methyl sites for hydroxylation is 2. The summed E-state index contributed by atoms with van der Waals surface area (Å²) >= 11 is 2.89. The molecule has 2 heterocycles. The predicted molar refractivity (Wildman–Crippen MR) is 96.6 cm³/mol. The summed E-state index contributed by atoms with van der Waals surface area (Å²) in [6.45, 7) is 8.92. The molecule has 2 N–H and O–H groups in total. The topological polar surface area (TPSA) is 58.2 Å². The fourth-order valence-corrected chi connectivity index (χ4v) is 3.76. The van der Waals surface area contributed by atoms with E-state index >= 15 is 0 Å². The molecule has 23 heavy (non-hydrogen) atoms. The van der Waals surface area contributed by atoms with E-state index in [0.29, 0.717) is 13.1 Å². The Morgan fingerprint density at radius 3 is 1.61 bits per heavy atom. The zero-order valence-electron chi connectivity index (χ0n) is 13.9. The third kappa shape index (κ3) is 4.65. The van der Waals surface area contributed by atoms with E-state index in [4.69, 9.17) is 0 Å². The highest BCUT2D eigenvalue weighted by molar-refractivity contribution is 7.12. The first-order valence-corrected chi connectivity index (χ1v) is 9.21. The molecule has 2 aromatic heterocycles. The number of thiophene rings is 2. The third-order valence-corrected chi connectivity index (χ3v) is 5.62. The summed E-state index contributed by atoms with van der Waals surface area (Å²) in [4.78, 5) is 25.8. The second-order valence-electron chi connectivity index (χ2n) is 6.40. The highest BCUT2D eigenvalue weighted by Gasteiger charge is 2.22. The molecule has 0 spiro atoms. The average Bonchev–Trinajstić information content (AvgIpc) is 3.11. The van der Waals surface area contributed by atoms with Crippen molar-refractivity contribution in [1.29, 1.82) is 0 Å². The molecular formula is C17H22N2O2S2. The molecule has 0 bridgehead atoms.